The molecule has 4 rings (SSSR count). The molecule has 2 aromatic carbocycles. The summed E-state index contributed by atoms with van der Waals surface area (Å²) in [7, 11) is 1.58. The summed E-state index contributed by atoms with van der Waals surface area (Å²) in [6.07, 6.45) is 0. The van der Waals surface area contributed by atoms with E-state index in [-0.39, 0.29) is 11.5 Å². The molecule has 6 heteroatoms. The van der Waals surface area contributed by atoms with Crippen molar-refractivity contribution in [3.8, 4) is 0 Å². The van der Waals surface area contributed by atoms with E-state index in [1.807, 2.05) is 36.4 Å². The fourth-order valence-electron chi connectivity index (χ4n) is 3.07. The molecule has 4 aromatic rings. The van der Waals surface area contributed by atoms with Gasteiger partial charge in [0, 0.05) is 29.6 Å². The number of para-hydroxylation sites is 1. The Morgan fingerprint density at radius 1 is 1.11 bits per heavy atom. The summed E-state index contributed by atoms with van der Waals surface area (Å²) in [6, 6.07) is 18.1. The second-order valence-electron chi connectivity index (χ2n) is 6.20. The SMILES string of the molecule is COCc1cc(=O)[nH]c2cc(NC(=O)c3ccc4ccccc4n3)ccc12. The number of aromatic amines is 1. The highest BCUT2D eigenvalue weighted by Crippen LogP contribution is 2.21. The Bertz CT molecular complexity index is 1210. The molecule has 0 unspecified atom stereocenters. The van der Waals surface area contributed by atoms with Crippen LogP contribution < -0.4 is 10.9 Å². The molecule has 6 nitrogen and oxygen atoms in total. The van der Waals surface area contributed by atoms with Gasteiger partial charge in [-0.15, -0.1) is 0 Å². The molecule has 1 amide bonds. The molecule has 0 bridgehead atoms. The van der Waals surface area contributed by atoms with Gasteiger partial charge in [-0.05, 0) is 29.8 Å². The predicted molar refractivity (Wildman–Crippen MR) is 105 cm³/mol. The molecular formula is C21H17N3O3. The minimum atomic E-state index is -0.310. The molecule has 0 saturated heterocycles. The Kier molecular flexibility index (Phi) is 4.40. The van der Waals surface area contributed by atoms with Crippen LogP contribution in [0.4, 0.5) is 5.69 Å². The number of methoxy groups -OCH3 is 1. The number of aromatic nitrogens is 2. The van der Waals surface area contributed by atoms with Crippen molar-refractivity contribution >= 4 is 33.4 Å². The second kappa shape index (κ2) is 7.01. The van der Waals surface area contributed by atoms with Crippen LogP contribution >= 0.6 is 0 Å². The number of H-pyrrole nitrogens is 1. The van der Waals surface area contributed by atoms with Crippen LogP contribution in [0.15, 0.2) is 65.5 Å². The van der Waals surface area contributed by atoms with Crippen molar-refractivity contribution in [3.63, 3.8) is 0 Å². The summed E-state index contributed by atoms with van der Waals surface area (Å²) < 4.78 is 5.15. The Morgan fingerprint density at radius 3 is 2.81 bits per heavy atom. The van der Waals surface area contributed by atoms with Crippen LogP contribution in [0.1, 0.15) is 16.1 Å². The first-order valence-electron chi connectivity index (χ1n) is 8.46. The smallest absolute Gasteiger partial charge is 0.274 e. The van der Waals surface area contributed by atoms with E-state index >= 15 is 0 Å². The minimum Gasteiger partial charge on any atom is -0.380 e. The van der Waals surface area contributed by atoms with Crippen LogP contribution in [-0.4, -0.2) is 23.0 Å². The number of carbonyl (C=O) groups is 1. The van der Waals surface area contributed by atoms with E-state index in [1.54, 1.807) is 25.3 Å². The predicted octanol–water partition coefficient (Wildman–Crippen LogP) is 3.48. The highest BCUT2D eigenvalue weighted by atomic mass is 16.5. The Labute approximate surface area is 154 Å². The van der Waals surface area contributed by atoms with Crippen LogP contribution in [0, 0.1) is 0 Å². The van der Waals surface area contributed by atoms with E-state index in [4.69, 9.17) is 4.74 Å². The van der Waals surface area contributed by atoms with Gasteiger partial charge in [0.25, 0.3) is 5.91 Å². The summed E-state index contributed by atoms with van der Waals surface area (Å²) in [5, 5.41) is 4.68. The lowest BCUT2D eigenvalue weighted by molar-refractivity contribution is 0.102. The van der Waals surface area contributed by atoms with E-state index in [9.17, 15) is 9.59 Å². The van der Waals surface area contributed by atoms with E-state index < -0.39 is 0 Å². The lowest BCUT2D eigenvalue weighted by Gasteiger charge is -2.09. The minimum absolute atomic E-state index is 0.214. The zero-order valence-corrected chi connectivity index (χ0v) is 14.7. The third-order valence-corrected chi connectivity index (χ3v) is 4.32. The molecule has 0 radical (unpaired) electrons. The lowest BCUT2D eigenvalue weighted by Crippen LogP contribution is -2.14. The summed E-state index contributed by atoms with van der Waals surface area (Å²) in [5.41, 5.74) is 2.89. The molecule has 0 aliphatic heterocycles. The number of ether oxygens (including phenoxy) is 1. The molecule has 2 heterocycles. The van der Waals surface area contributed by atoms with Gasteiger partial charge in [-0.2, -0.15) is 0 Å². The fraction of sp³-hybridized carbons (Fsp3) is 0.0952. The van der Waals surface area contributed by atoms with Gasteiger partial charge in [0.05, 0.1) is 17.6 Å². The van der Waals surface area contributed by atoms with E-state index in [1.165, 1.54) is 6.07 Å². The number of nitrogens with zero attached hydrogens (tertiary/aromatic N) is 1. The van der Waals surface area contributed by atoms with Gasteiger partial charge in [-0.1, -0.05) is 30.3 Å². The van der Waals surface area contributed by atoms with E-state index in [0.717, 1.165) is 21.9 Å². The van der Waals surface area contributed by atoms with E-state index in [0.29, 0.717) is 23.5 Å². The maximum absolute atomic E-state index is 12.6. The van der Waals surface area contributed by atoms with Gasteiger partial charge < -0.3 is 15.0 Å². The van der Waals surface area contributed by atoms with Crippen molar-refractivity contribution < 1.29 is 9.53 Å². The monoisotopic (exact) mass is 359 g/mol. The molecular weight excluding hydrogens is 342 g/mol. The molecule has 27 heavy (non-hydrogen) atoms. The van der Waals surface area contributed by atoms with Crippen LogP contribution in [0.2, 0.25) is 0 Å². The summed E-state index contributed by atoms with van der Waals surface area (Å²) in [4.78, 5) is 31.6. The number of anilines is 1. The quantitative estimate of drug-likeness (QED) is 0.584. The second-order valence-corrected chi connectivity index (χ2v) is 6.20. The van der Waals surface area contributed by atoms with Gasteiger partial charge in [-0.25, -0.2) is 4.98 Å². The topological polar surface area (TPSA) is 84.1 Å². The molecule has 134 valence electrons. The van der Waals surface area contributed by atoms with Crippen molar-refractivity contribution in [2.75, 3.05) is 12.4 Å². The van der Waals surface area contributed by atoms with Gasteiger partial charge in [-0.3, -0.25) is 9.59 Å². The molecule has 0 aliphatic carbocycles. The molecule has 0 atom stereocenters. The summed E-state index contributed by atoms with van der Waals surface area (Å²) in [6.45, 7) is 0.340. The first kappa shape index (κ1) is 16.9. The molecule has 0 aliphatic rings. The number of amides is 1. The maximum Gasteiger partial charge on any atom is 0.274 e. The highest BCUT2D eigenvalue weighted by Gasteiger charge is 2.10. The van der Waals surface area contributed by atoms with Crippen molar-refractivity contribution in [1.82, 2.24) is 9.97 Å². The number of hydrogen-bond donors (Lipinski definition) is 2. The Morgan fingerprint density at radius 2 is 1.96 bits per heavy atom. The number of hydrogen-bond acceptors (Lipinski definition) is 4. The van der Waals surface area contributed by atoms with Gasteiger partial charge >= 0.3 is 0 Å². The zero-order chi connectivity index (χ0) is 18.8. The number of carbonyl (C=O) groups excluding carboxylic acids is 1. The van der Waals surface area contributed by atoms with Gasteiger partial charge in [0.2, 0.25) is 5.56 Å². The Balaban J connectivity index is 1.65. The lowest BCUT2D eigenvalue weighted by atomic mass is 10.1. The fourth-order valence-corrected chi connectivity index (χ4v) is 3.07. The first-order valence-corrected chi connectivity index (χ1v) is 8.46. The number of nitrogens with one attached hydrogen (secondary N) is 2. The average molecular weight is 359 g/mol. The third-order valence-electron chi connectivity index (χ3n) is 4.32. The standard InChI is InChI=1S/C21H17N3O3/c1-27-12-14-10-20(25)24-19-11-15(7-8-16(14)19)22-21(26)18-9-6-13-4-2-3-5-17(13)23-18/h2-11H,12H2,1H3,(H,22,26)(H,24,25). The van der Waals surface area contributed by atoms with Crippen LogP contribution in [0.3, 0.4) is 0 Å². The summed E-state index contributed by atoms with van der Waals surface area (Å²) >= 11 is 0. The maximum atomic E-state index is 12.6. The zero-order valence-electron chi connectivity index (χ0n) is 14.7. The summed E-state index contributed by atoms with van der Waals surface area (Å²) in [5.74, 6) is -0.310. The number of fused-ring (bicyclic) bond motifs is 2. The molecule has 0 saturated carbocycles. The molecule has 2 N–H and O–H groups in total. The van der Waals surface area contributed by atoms with Crippen molar-refractivity contribution in [2.24, 2.45) is 0 Å². The molecule has 0 spiro atoms. The molecule has 2 aromatic heterocycles. The number of pyridine rings is 2. The number of benzene rings is 2. The van der Waals surface area contributed by atoms with Crippen molar-refractivity contribution in [1.29, 1.82) is 0 Å². The van der Waals surface area contributed by atoms with Crippen LogP contribution in [0.5, 0.6) is 0 Å². The van der Waals surface area contributed by atoms with Crippen LogP contribution in [0.25, 0.3) is 21.8 Å². The normalized spacial score (nSPS) is 11.0. The van der Waals surface area contributed by atoms with Crippen LogP contribution in [-0.2, 0) is 11.3 Å². The highest BCUT2D eigenvalue weighted by molar-refractivity contribution is 6.05. The van der Waals surface area contributed by atoms with Crippen molar-refractivity contribution in [3.05, 3.63) is 82.3 Å². The third kappa shape index (κ3) is 3.43. The van der Waals surface area contributed by atoms with Gasteiger partial charge in [0.1, 0.15) is 5.69 Å². The number of rotatable bonds is 4. The Hall–Kier alpha value is -3.51. The molecule has 0 fully saturated rings. The average Bonchev–Trinajstić information content (AvgIpc) is 2.67. The van der Waals surface area contributed by atoms with Crippen molar-refractivity contribution in [2.45, 2.75) is 6.61 Å². The largest absolute Gasteiger partial charge is 0.380 e. The first-order chi connectivity index (χ1) is 13.1. The van der Waals surface area contributed by atoms with E-state index in [2.05, 4.69) is 15.3 Å². The van der Waals surface area contributed by atoms with Gasteiger partial charge in [0.15, 0.2) is 0 Å².